The molecule has 0 atom stereocenters. The van der Waals surface area contributed by atoms with Crippen LogP contribution in [0.1, 0.15) is 18.2 Å². The van der Waals surface area contributed by atoms with Gasteiger partial charge in [-0.15, -0.1) is 10.2 Å². The number of carbonyl (C=O) groups excluding carboxylic acids is 1. The van der Waals surface area contributed by atoms with Crippen LogP contribution in [-0.2, 0) is 11.2 Å². The lowest BCUT2D eigenvalue weighted by Gasteiger charge is -2.09. The molecule has 25 heavy (non-hydrogen) atoms. The minimum Gasteiger partial charge on any atom is -0.325 e. The fraction of sp³-hybridized carbons (Fsp3) is 0.222. The second kappa shape index (κ2) is 7.94. The largest absolute Gasteiger partial charge is 0.325 e. The standard InChI is InChI=1S/C18H19N5OS/c1-3-14-6-4-5-7-15(14)20-17(24)12-25-18-9-8-16(21-22-18)23-13(2)10-11-19-23/h4-11H,3,12H2,1-2H3,(H,20,24). The number of aryl methyl sites for hydroxylation is 2. The van der Waals surface area contributed by atoms with Crippen LogP contribution in [-0.4, -0.2) is 31.6 Å². The van der Waals surface area contributed by atoms with Gasteiger partial charge in [0.2, 0.25) is 5.91 Å². The van der Waals surface area contributed by atoms with E-state index in [1.807, 2.05) is 49.4 Å². The Morgan fingerprint density at radius 2 is 2.00 bits per heavy atom. The van der Waals surface area contributed by atoms with Gasteiger partial charge >= 0.3 is 0 Å². The van der Waals surface area contributed by atoms with E-state index in [1.165, 1.54) is 11.8 Å². The average molecular weight is 353 g/mol. The second-order valence-electron chi connectivity index (χ2n) is 5.46. The zero-order valence-corrected chi connectivity index (χ0v) is 15.0. The lowest BCUT2D eigenvalue weighted by Crippen LogP contribution is -2.15. The number of anilines is 1. The molecule has 0 saturated heterocycles. The number of aromatic nitrogens is 4. The molecule has 0 bridgehead atoms. The molecule has 1 N–H and O–H groups in total. The van der Waals surface area contributed by atoms with Crippen molar-refractivity contribution in [3.8, 4) is 5.82 Å². The molecule has 3 aromatic rings. The van der Waals surface area contributed by atoms with Gasteiger partial charge < -0.3 is 5.32 Å². The van der Waals surface area contributed by atoms with Crippen LogP contribution in [0.3, 0.4) is 0 Å². The van der Waals surface area contributed by atoms with Crippen molar-refractivity contribution in [1.82, 2.24) is 20.0 Å². The third-order valence-electron chi connectivity index (χ3n) is 3.70. The first-order valence-corrected chi connectivity index (χ1v) is 9.01. The Kier molecular flexibility index (Phi) is 5.45. The molecule has 0 aliphatic carbocycles. The number of carbonyl (C=O) groups is 1. The highest BCUT2D eigenvalue weighted by Gasteiger charge is 2.08. The molecule has 0 aliphatic heterocycles. The van der Waals surface area contributed by atoms with Crippen molar-refractivity contribution in [2.24, 2.45) is 0 Å². The van der Waals surface area contributed by atoms with E-state index in [1.54, 1.807) is 10.9 Å². The Labute approximate surface area is 150 Å². The average Bonchev–Trinajstić information content (AvgIpc) is 3.07. The Morgan fingerprint density at radius 1 is 1.16 bits per heavy atom. The number of para-hydroxylation sites is 1. The van der Waals surface area contributed by atoms with Crippen molar-refractivity contribution in [3.05, 3.63) is 59.9 Å². The number of nitrogens with zero attached hydrogens (tertiary/aromatic N) is 4. The smallest absolute Gasteiger partial charge is 0.234 e. The zero-order chi connectivity index (χ0) is 17.6. The molecule has 0 saturated carbocycles. The monoisotopic (exact) mass is 353 g/mol. The molecule has 2 heterocycles. The number of rotatable bonds is 6. The Balaban J connectivity index is 1.58. The summed E-state index contributed by atoms with van der Waals surface area (Å²) in [7, 11) is 0. The summed E-state index contributed by atoms with van der Waals surface area (Å²) in [6.45, 7) is 4.02. The summed E-state index contributed by atoms with van der Waals surface area (Å²) in [6.07, 6.45) is 2.60. The van der Waals surface area contributed by atoms with Gasteiger partial charge in [-0.05, 0) is 43.2 Å². The van der Waals surface area contributed by atoms with Gasteiger partial charge in [-0.25, -0.2) is 4.68 Å². The molecule has 3 rings (SSSR count). The molecule has 1 amide bonds. The molecule has 0 unspecified atom stereocenters. The molecular formula is C18H19N5OS. The van der Waals surface area contributed by atoms with Crippen molar-refractivity contribution >= 4 is 23.4 Å². The summed E-state index contributed by atoms with van der Waals surface area (Å²) in [5, 5.41) is 16.2. The minimum absolute atomic E-state index is 0.0558. The van der Waals surface area contributed by atoms with E-state index in [2.05, 4.69) is 27.5 Å². The Bertz CT molecular complexity index is 860. The lowest BCUT2D eigenvalue weighted by molar-refractivity contribution is -0.113. The number of thioether (sulfide) groups is 1. The summed E-state index contributed by atoms with van der Waals surface area (Å²) >= 11 is 1.36. The van der Waals surface area contributed by atoms with Crippen LogP contribution >= 0.6 is 11.8 Å². The van der Waals surface area contributed by atoms with Crippen molar-refractivity contribution in [2.75, 3.05) is 11.1 Å². The molecule has 128 valence electrons. The first kappa shape index (κ1) is 17.2. The molecule has 0 aliphatic rings. The van der Waals surface area contributed by atoms with Gasteiger partial charge in [-0.2, -0.15) is 5.10 Å². The van der Waals surface area contributed by atoms with Gasteiger partial charge in [0, 0.05) is 17.6 Å². The van der Waals surface area contributed by atoms with Crippen LogP contribution in [0.5, 0.6) is 0 Å². The fourth-order valence-electron chi connectivity index (χ4n) is 2.39. The summed E-state index contributed by atoms with van der Waals surface area (Å²) in [4.78, 5) is 12.2. The van der Waals surface area contributed by atoms with E-state index in [9.17, 15) is 4.79 Å². The molecule has 0 radical (unpaired) electrons. The summed E-state index contributed by atoms with van der Waals surface area (Å²) < 4.78 is 1.72. The van der Waals surface area contributed by atoms with Crippen LogP contribution in [0.4, 0.5) is 5.69 Å². The molecule has 1 aromatic carbocycles. The molecule has 6 nitrogen and oxygen atoms in total. The maximum atomic E-state index is 12.2. The highest BCUT2D eigenvalue weighted by molar-refractivity contribution is 7.99. The van der Waals surface area contributed by atoms with Gasteiger partial charge in [0.1, 0.15) is 5.03 Å². The molecule has 0 spiro atoms. The molecular weight excluding hydrogens is 334 g/mol. The van der Waals surface area contributed by atoms with Gasteiger partial charge in [-0.3, -0.25) is 4.79 Å². The van der Waals surface area contributed by atoms with E-state index in [4.69, 9.17) is 0 Å². The van der Waals surface area contributed by atoms with Crippen molar-refractivity contribution in [1.29, 1.82) is 0 Å². The Morgan fingerprint density at radius 3 is 2.68 bits per heavy atom. The van der Waals surface area contributed by atoms with Crippen LogP contribution in [0.2, 0.25) is 0 Å². The topological polar surface area (TPSA) is 72.7 Å². The highest BCUT2D eigenvalue weighted by Crippen LogP contribution is 2.18. The van der Waals surface area contributed by atoms with Crippen molar-refractivity contribution < 1.29 is 4.79 Å². The highest BCUT2D eigenvalue weighted by atomic mass is 32.2. The Hall–Kier alpha value is -2.67. The minimum atomic E-state index is -0.0558. The summed E-state index contributed by atoms with van der Waals surface area (Å²) in [5.41, 5.74) is 2.98. The van der Waals surface area contributed by atoms with E-state index in [0.717, 1.165) is 23.4 Å². The van der Waals surface area contributed by atoms with E-state index < -0.39 is 0 Å². The molecule has 0 fully saturated rings. The number of nitrogens with one attached hydrogen (secondary N) is 1. The number of benzene rings is 1. The van der Waals surface area contributed by atoms with Gasteiger partial charge in [-0.1, -0.05) is 36.9 Å². The fourth-order valence-corrected chi connectivity index (χ4v) is 3.00. The number of hydrogen-bond donors (Lipinski definition) is 1. The number of amides is 1. The maximum Gasteiger partial charge on any atom is 0.234 e. The normalized spacial score (nSPS) is 10.6. The predicted molar refractivity (Wildman–Crippen MR) is 99.1 cm³/mol. The van der Waals surface area contributed by atoms with Gasteiger partial charge in [0.25, 0.3) is 0 Å². The zero-order valence-electron chi connectivity index (χ0n) is 14.1. The molecule has 7 heteroatoms. The maximum absolute atomic E-state index is 12.2. The third kappa shape index (κ3) is 4.24. The first-order chi connectivity index (χ1) is 12.2. The quantitative estimate of drug-likeness (QED) is 0.689. The van der Waals surface area contributed by atoms with Gasteiger partial charge in [0.05, 0.1) is 5.75 Å². The van der Waals surface area contributed by atoms with Crippen molar-refractivity contribution in [2.45, 2.75) is 25.3 Å². The van der Waals surface area contributed by atoms with E-state index in [-0.39, 0.29) is 11.7 Å². The van der Waals surface area contributed by atoms with Gasteiger partial charge in [0.15, 0.2) is 5.82 Å². The number of hydrogen-bond acceptors (Lipinski definition) is 5. The SMILES string of the molecule is CCc1ccccc1NC(=O)CSc1ccc(-n2nccc2C)nn1. The van der Waals surface area contributed by atoms with Crippen LogP contribution in [0.25, 0.3) is 5.82 Å². The summed E-state index contributed by atoms with van der Waals surface area (Å²) in [5.74, 6) is 0.889. The first-order valence-electron chi connectivity index (χ1n) is 8.02. The van der Waals surface area contributed by atoms with E-state index >= 15 is 0 Å². The summed E-state index contributed by atoms with van der Waals surface area (Å²) in [6, 6.07) is 13.4. The van der Waals surface area contributed by atoms with Crippen molar-refractivity contribution in [3.63, 3.8) is 0 Å². The molecule has 2 aromatic heterocycles. The van der Waals surface area contributed by atoms with E-state index in [0.29, 0.717) is 10.8 Å². The second-order valence-corrected chi connectivity index (χ2v) is 6.46. The predicted octanol–water partition coefficient (Wildman–Crippen LogP) is 3.26. The van der Waals surface area contributed by atoms with Crippen LogP contribution < -0.4 is 5.32 Å². The van der Waals surface area contributed by atoms with Crippen LogP contribution in [0, 0.1) is 6.92 Å². The third-order valence-corrected chi connectivity index (χ3v) is 4.62. The van der Waals surface area contributed by atoms with Crippen LogP contribution in [0.15, 0.2) is 53.7 Å². The lowest BCUT2D eigenvalue weighted by atomic mass is 10.1.